The zero-order valence-electron chi connectivity index (χ0n) is 10.1. The van der Waals surface area contributed by atoms with E-state index in [9.17, 15) is 5.11 Å². The summed E-state index contributed by atoms with van der Waals surface area (Å²) < 4.78 is 0. The highest BCUT2D eigenvalue weighted by molar-refractivity contribution is 5.63. The van der Waals surface area contributed by atoms with Gasteiger partial charge in [0.25, 0.3) is 0 Å². The van der Waals surface area contributed by atoms with Gasteiger partial charge in [-0.25, -0.2) is 0 Å². The zero-order valence-corrected chi connectivity index (χ0v) is 10.1. The van der Waals surface area contributed by atoms with E-state index in [1.54, 1.807) is 0 Å². The Labute approximate surface area is 103 Å². The van der Waals surface area contributed by atoms with E-state index in [0.29, 0.717) is 0 Å². The maximum Gasteiger partial charge on any atom is 0.0790 e. The molecule has 0 aliphatic heterocycles. The SMILES string of the molecule is CCC[C@H](O)c1ccc(-c2ccccc2)cc1. The Bertz CT molecular complexity index is 445. The van der Waals surface area contributed by atoms with Gasteiger partial charge in [-0.3, -0.25) is 0 Å². The maximum absolute atomic E-state index is 9.88. The summed E-state index contributed by atoms with van der Waals surface area (Å²) in [5, 5.41) is 9.88. The second-order valence-electron chi connectivity index (χ2n) is 4.29. The Balaban J connectivity index is 2.19. The van der Waals surface area contributed by atoms with Gasteiger partial charge < -0.3 is 5.11 Å². The van der Waals surface area contributed by atoms with Crippen molar-refractivity contribution in [2.24, 2.45) is 0 Å². The van der Waals surface area contributed by atoms with Crippen LogP contribution in [0.3, 0.4) is 0 Å². The van der Waals surface area contributed by atoms with E-state index in [2.05, 4.69) is 31.2 Å². The molecule has 0 bridgehead atoms. The Hall–Kier alpha value is -1.60. The number of hydrogen-bond donors (Lipinski definition) is 1. The topological polar surface area (TPSA) is 20.2 Å². The number of aliphatic hydroxyl groups excluding tert-OH is 1. The van der Waals surface area contributed by atoms with Crippen molar-refractivity contribution in [3.05, 3.63) is 60.2 Å². The van der Waals surface area contributed by atoms with Gasteiger partial charge in [0, 0.05) is 0 Å². The predicted molar refractivity (Wildman–Crippen MR) is 71.7 cm³/mol. The first kappa shape index (κ1) is 11.9. The second-order valence-corrected chi connectivity index (χ2v) is 4.29. The van der Waals surface area contributed by atoms with Crippen LogP contribution in [0.2, 0.25) is 0 Å². The molecule has 0 saturated carbocycles. The Kier molecular flexibility index (Phi) is 3.94. The van der Waals surface area contributed by atoms with Crippen molar-refractivity contribution < 1.29 is 5.11 Å². The summed E-state index contributed by atoms with van der Waals surface area (Å²) in [5.74, 6) is 0. The number of aliphatic hydroxyl groups is 1. The van der Waals surface area contributed by atoms with Gasteiger partial charge in [-0.2, -0.15) is 0 Å². The lowest BCUT2D eigenvalue weighted by Gasteiger charge is -2.10. The van der Waals surface area contributed by atoms with Crippen LogP contribution in [0.15, 0.2) is 54.6 Å². The molecule has 1 N–H and O–H groups in total. The highest BCUT2D eigenvalue weighted by atomic mass is 16.3. The van der Waals surface area contributed by atoms with Crippen LogP contribution in [-0.4, -0.2) is 5.11 Å². The standard InChI is InChI=1S/C16H18O/c1-2-6-16(17)15-11-9-14(10-12-15)13-7-4-3-5-8-13/h3-5,7-12,16-17H,2,6H2,1H3/t16-/m0/s1. The van der Waals surface area contributed by atoms with Crippen LogP contribution in [0.4, 0.5) is 0 Å². The highest BCUT2D eigenvalue weighted by Crippen LogP contribution is 2.23. The van der Waals surface area contributed by atoms with Crippen molar-refractivity contribution in [3.63, 3.8) is 0 Å². The second kappa shape index (κ2) is 5.65. The van der Waals surface area contributed by atoms with Gasteiger partial charge in [-0.15, -0.1) is 0 Å². The fourth-order valence-electron chi connectivity index (χ4n) is 1.97. The summed E-state index contributed by atoms with van der Waals surface area (Å²) in [4.78, 5) is 0. The molecule has 0 amide bonds. The van der Waals surface area contributed by atoms with Crippen molar-refractivity contribution in [1.29, 1.82) is 0 Å². The molecule has 0 aromatic heterocycles. The molecule has 0 unspecified atom stereocenters. The smallest absolute Gasteiger partial charge is 0.0790 e. The van der Waals surface area contributed by atoms with Gasteiger partial charge in [-0.05, 0) is 23.1 Å². The molecule has 1 heteroatoms. The lowest BCUT2D eigenvalue weighted by Crippen LogP contribution is -1.96. The van der Waals surface area contributed by atoms with Gasteiger partial charge in [0.05, 0.1) is 6.10 Å². The molecule has 0 aliphatic carbocycles. The van der Waals surface area contributed by atoms with Crippen LogP contribution in [-0.2, 0) is 0 Å². The molecule has 0 fully saturated rings. The Morgan fingerprint density at radius 2 is 1.47 bits per heavy atom. The van der Waals surface area contributed by atoms with Crippen LogP contribution < -0.4 is 0 Å². The number of hydrogen-bond acceptors (Lipinski definition) is 1. The molecule has 2 aromatic rings. The molecule has 2 aromatic carbocycles. The molecule has 17 heavy (non-hydrogen) atoms. The predicted octanol–water partition coefficient (Wildman–Crippen LogP) is 4.19. The third-order valence-electron chi connectivity index (χ3n) is 2.96. The molecule has 0 heterocycles. The van der Waals surface area contributed by atoms with Crippen molar-refractivity contribution in [2.45, 2.75) is 25.9 Å². The first-order chi connectivity index (χ1) is 8.31. The number of benzene rings is 2. The van der Waals surface area contributed by atoms with E-state index < -0.39 is 0 Å². The third kappa shape index (κ3) is 2.95. The summed E-state index contributed by atoms with van der Waals surface area (Å²) in [6.45, 7) is 2.08. The van der Waals surface area contributed by atoms with Crippen LogP contribution in [0.1, 0.15) is 31.4 Å². The van der Waals surface area contributed by atoms with Gasteiger partial charge in [0.15, 0.2) is 0 Å². The van der Waals surface area contributed by atoms with Gasteiger partial charge in [0.2, 0.25) is 0 Å². The fourth-order valence-corrected chi connectivity index (χ4v) is 1.97. The molecule has 2 rings (SSSR count). The monoisotopic (exact) mass is 226 g/mol. The molecule has 1 nitrogen and oxygen atoms in total. The first-order valence-corrected chi connectivity index (χ1v) is 6.14. The van der Waals surface area contributed by atoms with Gasteiger partial charge in [-0.1, -0.05) is 67.9 Å². The summed E-state index contributed by atoms with van der Waals surface area (Å²) in [6.07, 6.45) is 1.50. The fraction of sp³-hybridized carbons (Fsp3) is 0.250. The lowest BCUT2D eigenvalue weighted by atomic mass is 10.0. The van der Waals surface area contributed by atoms with Crippen molar-refractivity contribution >= 4 is 0 Å². The van der Waals surface area contributed by atoms with Gasteiger partial charge >= 0.3 is 0 Å². The van der Waals surface area contributed by atoms with E-state index in [0.717, 1.165) is 18.4 Å². The van der Waals surface area contributed by atoms with E-state index in [-0.39, 0.29) is 6.10 Å². The number of rotatable bonds is 4. The molecule has 0 saturated heterocycles. The van der Waals surface area contributed by atoms with Crippen LogP contribution in [0, 0.1) is 0 Å². The van der Waals surface area contributed by atoms with E-state index >= 15 is 0 Å². The normalized spacial score (nSPS) is 12.4. The van der Waals surface area contributed by atoms with E-state index in [4.69, 9.17) is 0 Å². The lowest BCUT2D eigenvalue weighted by molar-refractivity contribution is 0.166. The summed E-state index contributed by atoms with van der Waals surface area (Å²) in [5.41, 5.74) is 3.41. The summed E-state index contributed by atoms with van der Waals surface area (Å²) >= 11 is 0. The summed E-state index contributed by atoms with van der Waals surface area (Å²) in [6, 6.07) is 18.5. The van der Waals surface area contributed by atoms with Crippen molar-refractivity contribution in [1.82, 2.24) is 0 Å². The largest absolute Gasteiger partial charge is 0.388 e. The Morgan fingerprint density at radius 1 is 0.882 bits per heavy atom. The minimum absolute atomic E-state index is 0.329. The van der Waals surface area contributed by atoms with Crippen LogP contribution in [0.5, 0.6) is 0 Å². The average Bonchev–Trinajstić information content (AvgIpc) is 2.40. The Morgan fingerprint density at radius 3 is 2.06 bits per heavy atom. The highest BCUT2D eigenvalue weighted by Gasteiger charge is 2.05. The van der Waals surface area contributed by atoms with Gasteiger partial charge in [0.1, 0.15) is 0 Å². The molecule has 0 radical (unpaired) electrons. The molecule has 1 atom stereocenters. The van der Waals surface area contributed by atoms with Crippen molar-refractivity contribution in [2.75, 3.05) is 0 Å². The third-order valence-corrected chi connectivity index (χ3v) is 2.96. The first-order valence-electron chi connectivity index (χ1n) is 6.14. The molecular formula is C16H18O. The minimum Gasteiger partial charge on any atom is -0.388 e. The van der Waals surface area contributed by atoms with Crippen molar-refractivity contribution in [3.8, 4) is 11.1 Å². The van der Waals surface area contributed by atoms with Crippen LogP contribution >= 0.6 is 0 Å². The zero-order chi connectivity index (χ0) is 12.1. The minimum atomic E-state index is -0.329. The molecule has 0 spiro atoms. The average molecular weight is 226 g/mol. The van der Waals surface area contributed by atoms with E-state index in [1.165, 1.54) is 11.1 Å². The quantitative estimate of drug-likeness (QED) is 0.828. The molecule has 0 aliphatic rings. The van der Waals surface area contributed by atoms with E-state index in [1.807, 2.05) is 30.3 Å². The maximum atomic E-state index is 9.88. The molecule has 88 valence electrons. The summed E-state index contributed by atoms with van der Waals surface area (Å²) in [7, 11) is 0. The van der Waals surface area contributed by atoms with Crippen LogP contribution in [0.25, 0.3) is 11.1 Å². The molecular weight excluding hydrogens is 208 g/mol.